The molecule has 0 aliphatic heterocycles. The number of aromatic nitrogens is 2. The number of hydrogen-bond donors (Lipinski definition) is 1. The molecule has 1 heterocycles. The van der Waals surface area contributed by atoms with Gasteiger partial charge in [0.05, 0.1) is 0 Å². The first-order valence-corrected chi connectivity index (χ1v) is 9.78. The summed E-state index contributed by atoms with van der Waals surface area (Å²) in [6.45, 7) is 0.157. The first-order chi connectivity index (χ1) is 15.1. The van der Waals surface area contributed by atoms with Gasteiger partial charge in [0.1, 0.15) is 5.75 Å². The third kappa shape index (κ3) is 5.08. The van der Waals surface area contributed by atoms with Crippen molar-refractivity contribution in [3.8, 4) is 17.2 Å². The monoisotopic (exact) mass is 414 g/mol. The lowest BCUT2D eigenvalue weighted by atomic mass is 10.2. The predicted molar refractivity (Wildman–Crippen MR) is 119 cm³/mol. The highest BCUT2D eigenvalue weighted by atomic mass is 16.5. The van der Waals surface area contributed by atoms with Crippen molar-refractivity contribution in [3.05, 3.63) is 90.3 Å². The summed E-state index contributed by atoms with van der Waals surface area (Å²) in [5.41, 5.74) is 3.17. The number of anilines is 2. The van der Waals surface area contributed by atoms with Crippen molar-refractivity contribution in [2.45, 2.75) is 6.61 Å². The van der Waals surface area contributed by atoms with E-state index in [0.717, 1.165) is 11.3 Å². The van der Waals surface area contributed by atoms with E-state index >= 15 is 0 Å². The van der Waals surface area contributed by atoms with E-state index < -0.39 is 0 Å². The van der Waals surface area contributed by atoms with Crippen LogP contribution in [0.2, 0.25) is 0 Å². The third-order valence-corrected chi connectivity index (χ3v) is 4.61. The van der Waals surface area contributed by atoms with Gasteiger partial charge in [0, 0.05) is 36.6 Å². The topological polar surface area (TPSA) is 80.5 Å². The molecule has 0 bridgehead atoms. The fraction of sp³-hybridized carbons (Fsp3) is 0.125. The molecule has 0 spiro atoms. The van der Waals surface area contributed by atoms with Gasteiger partial charge in [-0.1, -0.05) is 18.2 Å². The Morgan fingerprint density at radius 1 is 0.935 bits per heavy atom. The SMILES string of the molecule is CN(C)c1ccc(C(=O)Nc2ccc(OCc3nnc(-c4ccccc4)o3)cc2)cc1. The zero-order valence-electron chi connectivity index (χ0n) is 17.3. The standard InChI is InChI=1S/C24H22N4O3/c1-28(2)20-12-8-17(9-13-20)23(29)25-19-10-14-21(15-11-19)30-16-22-26-27-24(31-22)18-6-4-3-5-7-18/h3-15H,16H2,1-2H3,(H,25,29). The summed E-state index contributed by atoms with van der Waals surface area (Å²) in [6, 6.07) is 24.1. The molecule has 1 N–H and O–H groups in total. The molecule has 1 amide bonds. The number of ether oxygens (including phenoxy) is 1. The van der Waals surface area contributed by atoms with Crippen molar-refractivity contribution in [1.82, 2.24) is 10.2 Å². The molecule has 3 aromatic carbocycles. The predicted octanol–water partition coefficient (Wildman–Crippen LogP) is 4.63. The van der Waals surface area contributed by atoms with Crippen LogP contribution in [0.1, 0.15) is 16.2 Å². The van der Waals surface area contributed by atoms with E-state index in [9.17, 15) is 4.79 Å². The summed E-state index contributed by atoms with van der Waals surface area (Å²) in [4.78, 5) is 14.4. The lowest BCUT2D eigenvalue weighted by molar-refractivity contribution is 0.102. The van der Waals surface area contributed by atoms with Crippen LogP contribution < -0.4 is 15.0 Å². The first-order valence-electron chi connectivity index (χ1n) is 9.78. The lowest BCUT2D eigenvalue weighted by Crippen LogP contribution is -2.13. The molecule has 0 aliphatic carbocycles. The second-order valence-corrected chi connectivity index (χ2v) is 7.08. The van der Waals surface area contributed by atoms with Gasteiger partial charge in [-0.05, 0) is 60.7 Å². The molecule has 156 valence electrons. The molecule has 0 unspecified atom stereocenters. The fourth-order valence-corrected chi connectivity index (χ4v) is 2.90. The van der Waals surface area contributed by atoms with Gasteiger partial charge >= 0.3 is 0 Å². The number of carbonyl (C=O) groups is 1. The first kappa shape index (κ1) is 20.2. The molecular weight excluding hydrogens is 392 g/mol. The largest absolute Gasteiger partial charge is 0.484 e. The van der Waals surface area contributed by atoms with Crippen LogP contribution in [0.5, 0.6) is 5.75 Å². The highest BCUT2D eigenvalue weighted by molar-refractivity contribution is 6.04. The maximum absolute atomic E-state index is 12.4. The Hall–Kier alpha value is -4.13. The molecule has 0 saturated heterocycles. The molecule has 7 nitrogen and oxygen atoms in total. The maximum atomic E-state index is 12.4. The van der Waals surface area contributed by atoms with E-state index in [0.29, 0.717) is 28.8 Å². The molecule has 0 saturated carbocycles. The van der Waals surface area contributed by atoms with Crippen LogP contribution in [-0.2, 0) is 6.61 Å². The van der Waals surface area contributed by atoms with E-state index in [1.807, 2.05) is 61.5 Å². The number of nitrogens with one attached hydrogen (secondary N) is 1. The zero-order valence-corrected chi connectivity index (χ0v) is 17.3. The molecule has 0 radical (unpaired) electrons. The average molecular weight is 414 g/mol. The van der Waals surface area contributed by atoms with E-state index in [2.05, 4.69) is 15.5 Å². The van der Waals surface area contributed by atoms with Crippen LogP contribution in [-0.4, -0.2) is 30.2 Å². The van der Waals surface area contributed by atoms with Gasteiger partial charge in [-0.3, -0.25) is 4.79 Å². The molecule has 4 aromatic rings. The molecule has 0 aliphatic rings. The number of benzene rings is 3. The Labute approximate surface area is 180 Å². The minimum Gasteiger partial charge on any atom is -0.484 e. The quantitative estimate of drug-likeness (QED) is 0.475. The molecule has 0 atom stereocenters. The van der Waals surface area contributed by atoms with Crippen LogP contribution in [0.25, 0.3) is 11.5 Å². The summed E-state index contributed by atoms with van der Waals surface area (Å²) in [5, 5.41) is 10.9. The number of rotatable bonds is 7. The van der Waals surface area contributed by atoms with Crippen molar-refractivity contribution in [3.63, 3.8) is 0 Å². The molecule has 7 heteroatoms. The summed E-state index contributed by atoms with van der Waals surface area (Å²) < 4.78 is 11.3. The summed E-state index contributed by atoms with van der Waals surface area (Å²) in [6.07, 6.45) is 0. The van der Waals surface area contributed by atoms with E-state index in [-0.39, 0.29) is 12.5 Å². The van der Waals surface area contributed by atoms with Gasteiger partial charge < -0.3 is 19.4 Å². The van der Waals surface area contributed by atoms with Crippen molar-refractivity contribution in [1.29, 1.82) is 0 Å². The second-order valence-electron chi connectivity index (χ2n) is 7.08. The van der Waals surface area contributed by atoms with Crippen molar-refractivity contribution < 1.29 is 13.9 Å². The van der Waals surface area contributed by atoms with Crippen LogP contribution in [0.3, 0.4) is 0 Å². The van der Waals surface area contributed by atoms with Crippen molar-refractivity contribution in [2.75, 3.05) is 24.3 Å². The summed E-state index contributed by atoms with van der Waals surface area (Å²) in [5.74, 6) is 1.30. The number of nitrogens with zero attached hydrogens (tertiary/aromatic N) is 3. The van der Waals surface area contributed by atoms with Crippen LogP contribution >= 0.6 is 0 Å². The molecule has 1 aromatic heterocycles. The lowest BCUT2D eigenvalue weighted by Gasteiger charge is -2.12. The second kappa shape index (κ2) is 9.13. The molecule has 4 rings (SSSR count). The van der Waals surface area contributed by atoms with Crippen LogP contribution in [0, 0.1) is 0 Å². The minimum atomic E-state index is -0.168. The Kier molecular flexibility index (Phi) is 5.93. The zero-order chi connectivity index (χ0) is 21.6. The maximum Gasteiger partial charge on any atom is 0.255 e. The number of carbonyl (C=O) groups excluding carboxylic acids is 1. The summed E-state index contributed by atoms with van der Waals surface area (Å²) >= 11 is 0. The average Bonchev–Trinajstić information content (AvgIpc) is 3.28. The Bertz CT molecular complexity index is 1140. The fourth-order valence-electron chi connectivity index (χ4n) is 2.90. The Morgan fingerprint density at radius 2 is 1.65 bits per heavy atom. The smallest absolute Gasteiger partial charge is 0.255 e. The van der Waals surface area contributed by atoms with Gasteiger partial charge in [0.15, 0.2) is 6.61 Å². The van der Waals surface area contributed by atoms with Crippen molar-refractivity contribution >= 4 is 17.3 Å². The van der Waals surface area contributed by atoms with Gasteiger partial charge in [-0.25, -0.2) is 0 Å². The normalized spacial score (nSPS) is 10.5. The van der Waals surface area contributed by atoms with Gasteiger partial charge in [-0.15, -0.1) is 10.2 Å². The Balaban J connectivity index is 1.32. The van der Waals surface area contributed by atoms with Gasteiger partial charge in [0.25, 0.3) is 11.8 Å². The minimum absolute atomic E-state index is 0.157. The van der Waals surface area contributed by atoms with Gasteiger partial charge in [-0.2, -0.15) is 0 Å². The van der Waals surface area contributed by atoms with E-state index in [4.69, 9.17) is 9.15 Å². The van der Waals surface area contributed by atoms with Gasteiger partial charge in [0.2, 0.25) is 5.89 Å². The third-order valence-electron chi connectivity index (χ3n) is 4.61. The molecule has 0 fully saturated rings. The van der Waals surface area contributed by atoms with E-state index in [1.165, 1.54) is 0 Å². The van der Waals surface area contributed by atoms with Crippen molar-refractivity contribution in [2.24, 2.45) is 0 Å². The van der Waals surface area contributed by atoms with Crippen LogP contribution in [0.15, 0.2) is 83.3 Å². The highest BCUT2D eigenvalue weighted by Crippen LogP contribution is 2.20. The molecule has 31 heavy (non-hydrogen) atoms. The Morgan fingerprint density at radius 3 is 2.32 bits per heavy atom. The van der Waals surface area contributed by atoms with E-state index in [1.54, 1.807) is 36.4 Å². The molecular formula is C24H22N4O3. The summed E-state index contributed by atoms with van der Waals surface area (Å²) in [7, 11) is 3.92. The van der Waals surface area contributed by atoms with Crippen LogP contribution in [0.4, 0.5) is 11.4 Å². The number of amides is 1. The number of hydrogen-bond acceptors (Lipinski definition) is 6. The highest BCUT2D eigenvalue weighted by Gasteiger charge is 2.10.